The molecule has 0 saturated heterocycles. The van der Waals surface area contributed by atoms with Gasteiger partial charge in [-0.1, -0.05) is 29.0 Å². The van der Waals surface area contributed by atoms with E-state index in [2.05, 4.69) is 64.9 Å². The molecular weight excluding hydrogens is 368 g/mol. The fourth-order valence-electron chi connectivity index (χ4n) is 3.13. The second-order valence-corrected chi connectivity index (χ2v) is 8.97. The van der Waals surface area contributed by atoms with E-state index < -0.39 is 0 Å². The van der Waals surface area contributed by atoms with Crippen molar-refractivity contribution in [1.29, 1.82) is 0 Å². The van der Waals surface area contributed by atoms with E-state index in [0.29, 0.717) is 6.04 Å². The first-order valence-corrected chi connectivity index (χ1v) is 10.4. The van der Waals surface area contributed by atoms with E-state index in [4.69, 9.17) is 12.2 Å². The molecule has 1 aliphatic heterocycles. The number of hydrogen-bond donors (Lipinski definition) is 1. The summed E-state index contributed by atoms with van der Waals surface area (Å²) in [4.78, 5) is 3.97. The van der Waals surface area contributed by atoms with Crippen molar-refractivity contribution in [3.05, 3.63) is 55.7 Å². The second kappa shape index (κ2) is 6.99. The Morgan fingerprint density at radius 1 is 1.28 bits per heavy atom. The summed E-state index contributed by atoms with van der Waals surface area (Å²) in [5, 5.41) is 11.1. The Kier molecular flexibility index (Phi) is 4.73. The number of aryl methyl sites for hydroxylation is 1. The Labute approximate surface area is 160 Å². The minimum absolute atomic E-state index is 0.409. The molecule has 0 aliphatic carbocycles. The summed E-state index contributed by atoms with van der Waals surface area (Å²) < 4.78 is 2.74. The molecule has 130 valence electrons. The molecule has 4 nitrogen and oxygen atoms in total. The van der Waals surface area contributed by atoms with Gasteiger partial charge < -0.3 is 5.32 Å². The highest BCUT2D eigenvalue weighted by Crippen LogP contribution is 2.33. The van der Waals surface area contributed by atoms with Crippen molar-refractivity contribution in [2.24, 2.45) is 0 Å². The Morgan fingerprint density at radius 2 is 2.08 bits per heavy atom. The number of benzene rings is 1. The van der Waals surface area contributed by atoms with Gasteiger partial charge in [0.25, 0.3) is 0 Å². The molecule has 0 spiro atoms. The molecule has 2 aromatic heterocycles. The molecule has 0 unspecified atom stereocenters. The van der Waals surface area contributed by atoms with Crippen LogP contribution in [0.3, 0.4) is 0 Å². The van der Waals surface area contributed by atoms with Crippen LogP contribution in [0.5, 0.6) is 0 Å². The van der Waals surface area contributed by atoms with E-state index in [9.17, 15) is 0 Å². The van der Waals surface area contributed by atoms with Crippen molar-refractivity contribution in [2.45, 2.75) is 33.0 Å². The number of nitrogens with one attached hydrogen (secondary N) is 1. The number of rotatable bonds is 4. The van der Waals surface area contributed by atoms with Crippen molar-refractivity contribution in [2.75, 3.05) is 11.9 Å². The predicted molar refractivity (Wildman–Crippen MR) is 109 cm³/mol. The summed E-state index contributed by atoms with van der Waals surface area (Å²) in [6.45, 7) is 6.14. The van der Waals surface area contributed by atoms with Crippen LogP contribution in [-0.2, 0) is 13.1 Å². The van der Waals surface area contributed by atoms with Crippen molar-refractivity contribution >= 4 is 45.7 Å². The first kappa shape index (κ1) is 16.9. The minimum Gasteiger partial charge on any atom is -0.330 e. The number of nitrogens with zero attached hydrogens (tertiary/aromatic N) is 3. The standard InChI is InChI=1S/C18H20N4S3/c1-12-3-5-14(6-4-12)19-17-20-22(18(23)25-17)11-21-9-7-16-15(13(21)2)8-10-24-16/h3-6,8,10,13H,7,9,11H2,1-2H3,(H,19,20)/t13-/m1/s1. The zero-order valence-corrected chi connectivity index (χ0v) is 16.7. The van der Waals surface area contributed by atoms with Crippen LogP contribution in [0.4, 0.5) is 10.8 Å². The molecule has 0 radical (unpaired) electrons. The number of fused-ring (bicyclic) bond motifs is 1. The van der Waals surface area contributed by atoms with E-state index in [0.717, 1.165) is 34.4 Å². The van der Waals surface area contributed by atoms with Crippen LogP contribution in [0.15, 0.2) is 35.7 Å². The fourth-order valence-corrected chi connectivity index (χ4v) is 5.11. The lowest BCUT2D eigenvalue weighted by molar-refractivity contribution is 0.145. The van der Waals surface area contributed by atoms with Gasteiger partial charge in [-0.2, -0.15) is 0 Å². The molecule has 1 N–H and O–H groups in total. The summed E-state index contributed by atoms with van der Waals surface area (Å²) in [6.07, 6.45) is 1.11. The number of aromatic nitrogens is 2. The molecule has 3 aromatic rings. The average Bonchev–Trinajstić information content (AvgIpc) is 3.20. The molecule has 1 aromatic carbocycles. The van der Waals surface area contributed by atoms with Gasteiger partial charge in [0.15, 0.2) is 3.95 Å². The van der Waals surface area contributed by atoms with E-state index in [1.807, 2.05) is 16.0 Å². The van der Waals surface area contributed by atoms with Crippen LogP contribution >= 0.6 is 34.9 Å². The molecule has 1 atom stereocenters. The number of anilines is 2. The van der Waals surface area contributed by atoms with Crippen LogP contribution in [0.1, 0.15) is 29.0 Å². The van der Waals surface area contributed by atoms with Gasteiger partial charge >= 0.3 is 0 Å². The zero-order valence-electron chi connectivity index (χ0n) is 14.2. The fraction of sp³-hybridized carbons (Fsp3) is 0.333. The van der Waals surface area contributed by atoms with Crippen LogP contribution in [0.2, 0.25) is 0 Å². The monoisotopic (exact) mass is 388 g/mol. The maximum atomic E-state index is 5.53. The molecule has 3 heterocycles. The number of thiophene rings is 1. The van der Waals surface area contributed by atoms with Crippen molar-refractivity contribution in [1.82, 2.24) is 14.7 Å². The van der Waals surface area contributed by atoms with Gasteiger partial charge in [-0.05, 0) is 61.6 Å². The molecule has 0 saturated carbocycles. The van der Waals surface area contributed by atoms with E-state index in [1.165, 1.54) is 27.3 Å². The van der Waals surface area contributed by atoms with E-state index in [1.54, 1.807) is 0 Å². The third-order valence-corrected chi connectivity index (χ3v) is 6.85. The normalized spacial score (nSPS) is 17.4. The molecule has 0 amide bonds. The van der Waals surface area contributed by atoms with Gasteiger partial charge in [-0.3, -0.25) is 4.90 Å². The highest BCUT2D eigenvalue weighted by Gasteiger charge is 2.25. The topological polar surface area (TPSA) is 33.1 Å². The molecule has 4 rings (SSSR count). The summed E-state index contributed by atoms with van der Waals surface area (Å²) >= 11 is 8.92. The van der Waals surface area contributed by atoms with Crippen LogP contribution in [0, 0.1) is 10.9 Å². The van der Waals surface area contributed by atoms with Gasteiger partial charge in [-0.15, -0.1) is 16.4 Å². The average molecular weight is 389 g/mol. The summed E-state index contributed by atoms with van der Waals surface area (Å²) in [6, 6.07) is 11.0. The third kappa shape index (κ3) is 3.55. The van der Waals surface area contributed by atoms with Gasteiger partial charge in [0, 0.05) is 23.2 Å². The highest BCUT2D eigenvalue weighted by atomic mass is 32.1. The summed E-state index contributed by atoms with van der Waals surface area (Å²) in [5.74, 6) is 0. The smallest absolute Gasteiger partial charge is 0.209 e. The Bertz CT molecular complexity index is 922. The lowest BCUT2D eigenvalue weighted by atomic mass is 10.0. The van der Waals surface area contributed by atoms with Crippen molar-refractivity contribution in [3.8, 4) is 0 Å². The molecule has 0 bridgehead atoms. The first-order chi connectivity index (χ1) is 12.1. The zero-order chi connectivity index (χ0) is 17.4. The van der Waals surface area contributed by atoms with Crippen molar-refractivity contribution < 1.29 is 0 Å². The van der Waals surface area contributed by atoms with E-state index >= 15 is 0 Å². The van der Waals surface area contributed by atoms with Gasteiger partial charge in [0.05, 0.1) is 6.67 Å². The lowest BCUT2D eigenvalue weighted by Crippen LogP contribution is -2.35. The summed E-state index contributed by atoms with van der Waals surface area (Å²) in [7, 11) is 0. The third-order valence-electron chi connectivity index (χ3n) is 4.63. The SMILES string of the molecule is Cc1ccc(Nc2nn(CN3CCc4sccc4[C@H]3C)c(=S)s2)cc1. The Balaban J connectivity index is 1.49. The van der Waals surface area contributed by atoms with Gasteiger partial charge in [0.2, 0.25) is 5.13 Å². The molecule has 1 aliphatic rings. The van der Waals surface area contributed by atoms with E-state index in [-0.39, 0.29) is 0 Å². The molecular formula is C18H20N4S3. The predicted octanol–water partition coefficient (Wildman–Crippen LogP) is 5.36. The van der Waals surface area contributed by atoms with Gasteiger partial charge in [-0.25, -0.2) is 4.68 Å². The minimum atomic E-state index is 0.409. The Morgan fingerprint density at radius 3 is 2.88 bits per heavy atom. The molecule has 25 heavy (non-hydrogen) atoms. The molecule has 7 heteroatoms. The largest absolute Gasteiger partial charge is 0.330 e. The molecule has 0 fully saturated rings. The maximum Gasteiger partial charge on any atom is 0.209 e. The first-order valence-electron chi connectivity index (χ1n) is 8.32. The summed E-state index contributed by atoms with van der Waals surface area (Å²) in [5.41, 5.74) is 3.74. The van der Waals surface area contributed by atoms with Crippen LogP contribution in [0.25, 0.3) is 0 Å². The second-order valence-electron chi connectivity index (χ2n) is 6.34. The van der Waals surface area contributed by atoms with Crippen LogP contribution in [-0.4, -0.2) is 21.2 Å². The quantitative estimate of drug-likeness (QED) is 0.610. The van der Waals surface area contributed by atoms with Crippen molar-refractivity contribution in [3.63, 3.8) is 0 Å². The van der Waals surface area contributed by atoms with Crippen LogP contribution < -0.4 is 5.32 Å². The maximum absolute atomic E-state index is 5.53. The number of hydrogen-bond acceptors (Lipinski definition) is 6. The lowest BCUT2D eigenvalue weighted by Gasteiger charge is -2.33. The highest BCUT2D eigenvalue weighted by molar-refractivity contribution is 7.73. The Hall–Kier alpha value is -1.54. The van der Waals surface area contributed by atoms with Gasteiger partial charge in [0.1, 0.15) is 0 Å².